The fourth-order valence-corrected chi connectivity index (χ4v) is 2.22. The molecule has 150 valence electrons. The molecule has 10 heteroatoms. The highest BCUT2D eigenvalue weighted by Gasteiger charge is 2.38. The van der Waals surface area contributed by atoms with Crippen molar-refractivity contribution in [1.29, 1.82) is 0 Å². The van der Waals surface area contributed by atoms with Gasteiger partial charge >= 0.3 is 23.9 Å². The molecule has 0 saturated heterocycles. The van der Waals surface area contributed by atoms with Crippen molar-refractivity contribution in [3.8, 4) is 0 Å². The average molecular weight is 394 g/mol. The molecule has 0 aromatic heterocycles. The number of esters is 4. The van der Waals surface area contributed by atoms with Gasteiger partial charge in [-0.15, -0.1) is 0 Å². The van der Waals surface area contributed by atoms with E-state index in [0.29, 0.717) is 0 Å². The number of rotatable bonds is 8. The van der Waals surface area contributed by atoms with Gasteiger partial charge in [-0.1, -0.05) is 24.3 Å². The predicted octanol–water partition coefficient (Wildman–Crippen LogP) is -0.0236. The van der Waals surface area contributed by atoms with Gasteiger partial charge < -0.3 is 18.9 Å². The molecule has 10 nitrogen and oxygen atoms in total. The average Bonchev–Trinajstić information content (AvgIpc) is 2.72. The number of ether oxygens (including phenoxy) is 4. The summed E-state index contributed by atoms with van der Waals surface area (Å²) in [5, 5.41) is 0. The van der Waals surface area contributed by atoms with Crippen LogP contribution in [0.4, 0.5) is 0 Å². The Morgan fingerprint density at radius 2 is 0.750 bits per heavy atom. The van der Waals surface area contributed by atoms with Crippen LogP contribution in [-0.4, -0.2) is 63.9 Å². The zero-order valence-corrected chi connectivity index (χ0v) is 15.5. The second-order valence-electron chi connectivity index (χ2n) is 5.26. The lowest BCUT2D eigenvalue weighted by Crippen LogP contribution is -2.34. The van der Waals surface area contributed by atoms with Crippen molar-refractivity contribution in [1.82, 2.24) is 0 Å². The maximum atomic E-state index is 12.4. The van der Waals surface area contributed by atoms with Gasteiger partial charge in [0.15, 0.2) is 11.6 Å². The Kier molecular flexibility index (Phi) is 7.99. The highest BCUT2D eigenvalue weighted by Crippen LogP contribution is 2.17. The van der Waals surface area contributed by atoms with Crippen LogP contribution in [0.2, 0.25) is 0 Å². The minimum atomic E-state index is -1.82. The van der Waals surface area contributed by atoms with Gasteiger partial charge in [0.1, 0.15) is 0 Å². The van der Waals surface area contributed by atoms with Gasteiger partial charge in [0.05, 0.1) is 28.4 Å². The molecule has 28 heavy (non-hydrogen) atoms. The highest BCUT2D eigenvalue weighted by molar-refractivity contribution is 6.22. The first kappa shape index (κ1) is 22.5. The third-order valence-corrected chi connectivity index (χ3v) is 3.73. The number of Topliss-reactive ketones (excluding diaryl/α,β-unsaturated/α-hetero) is 2. The molecule has 0 aliphatic heterocycles. The number of carbonyl (C=O) groups is 6. The fourth-order valence-electron chi connectivity index (χ4n) is 2.22. The number of methoxy groups -OCH3 is 4. The fraction of sp³-hybridized carbons (Fsp3) is 0.333. The van der Waals surface area contributed by atoms with Gasteiger partial charge in [0.25, 0.3) is 0 Å². The molecular weight excluding hydrogens is 376 g/mol. The topological polar surface area (TPSA) is 139 Å². The Bertz CT molecular complexity index is 694. The van der Waals surface area contributed by atoms with Crippen LogP contribution in [0.1, 0.15) is 20.7 Å². The molecule has 0 saturated carbocycles. The van der Waals surface area contributed by atoms with Crippen molar-refractivity contribution in [2.75, 3.05) is 28.4 Å². The van der Waals surface area contributed by atoms with Crippen LogP contribution in [0, 0.1) is 11.8 Å². The van der Waals surface area contributed by atoms with E-state index < -0.39 is 47.3 Å². The van der Waals surface area contributed by atoms with Crippen molar-refractivity contribution in [2.45, 2.75) is 0 Å². The van der Waals surface area contributed by atoms with Crippen LogP contribution in [0.25, 0.3) is 0 Å². The van der Waals surface area contributed by atoms with E-state index in [-0.39, 0.29) is 11.1 Å². The number of carbonyl (C=O) groups excluding carboxylic acids is 6. The Hall–Kier alpha value is -3.56. The Morgan fingerprint density at radius 1 is 0.536 bits per heavy atom. The van der Waals surface area contributed by atoms with E-state index in [9.17, 15) is 28.8 Å². The standard InChI is InChI=1S/C18H18O10/c1-25-15(21)11(16(22)26-2)13(19)9-5-7-10(8-6-9)14(20)12(17(23)27-3)18(24)28-4/h5-8,11-12H,1-4H3. The third kappa shape index (κ3) is 4.78. The molecule has 1 aromatic carbocycles. The molecule has 1 aromatic rings. The smallest absolute Gasteiger partial charge is 0.328 e. The normalized spacial score (nSPS) is 10.2. The van der Waals surface area contributed by atoms with Crippen LogP contribution in [0.3, 0.4) is 0 Å². The summed E-state index contributed by atoms with van der Waals surface area (Å²) in [5.41, 5.74) is -0.185. The maximum absolute atomic E-state index is 12.4. The second-order valence-corrected chi connectivity index (χ2v) is 5.26. The van der Waals surface area contributed by atoms with Crippen LogP contribution < -0.4 is 0 Å². The summed E-state index contributed by atoms with van der Waals surface area (Å²) >= 11 is 0. The first-order valence-electron chi connectivity index (χ1n) is 7.73. The minimum Gasteiger partial charge on any atom is -0.468 e. The van der Waals surface area contributed by atoms with Crippen molar-refractivity contribution in [3.63, 3.8) is 0 Å². The molecule has 0 fully saturated rings. The molecule has 0 N–H and O–H groups in total. The van der Waals surface area contributed by atoms with Crippen LogP contribution in [-0.2, 0) is 38.1 Å². The quantitative estimate of drug-likeness (QED) is 0.256. The van der Waals surface area contributed by atoms with E-state index in [0.717, 1.165) is 52.7 Å². The van der Waals surface area contributed by atoms with E-state index >= 15 is 0 Å². The summed E-state index contributed by atoms with van der Waals surface area (Å²) in [6.45, 7) is 0. The van der Waals surface area contributed by atoms with Gasteiger partial charge in [-0.05, 0) is 0 Å². The molecule has 0 amide bonds. The summed E-state index contributed by atoms with van der Waals surface area (Å²) in [4.78, 5) is 71.7. The number of ketones is 2. The summed E-state index contributed by atoms with van der Waals surface area (Å²) in [6.07, 6.45) is 0. The van der Waals surface area contributed by atoms with Crippen LogP contribution >= 0.6 is 0 Å². The van der Waals surface area contributed by atoms with E-state index in [1.807, 2.05) is 0 Å². The largest absolute Gasteiger partial charge is 0.468 e. The van der Waals surface area contributed by atoms with E-state index in [4.69, 9.17) is 0 Å². The molecule has 0 spiro atoms. The van der Waals surface area contributed by atoms with Gasteiger partial charge in [-0.3, -0.25) is 28.8 Å². The van der Waals surface area contributed by atoms with Crippen LogP contribution in [0.15, 0.2) is 24.3 Å². The zero-order chi connectivity index (χ0) is 21.4. The second kappa shape index (κ2) is 9.95. The molecule has 0 unspecified atom stereocenters. The highest BCUT2D eigenvalue weighted by atomic mass is 16.6. The molecule has 0 atom stereocenters. The van der Waals surface area contributed by atoms with Crippen LogP contribution in [0.5, 0.6) is 0 Å². The van der Waals surface area contributed by atoms with Crippen molar-refractivity contribution in [2.24, 2.45) is 11.8 Å². The van der Waals surface area contributed by atoms with E-state index in [1.54, 1.807) is 0 Å². The van der Waals surface area contributed by atoms with E-state index in [1.165, 1.54) is 0 Å². The monoisotopic (exact) mass is 394 g/mol. The number of hydrogen-bond donors (Lipinski definition) is 0. The number of benzene rings is 1. The Morgan fingerprint density at radius 3 is 0.929 bits per heavy atom. The minimum absolute atomic E-state index is 0.0926. The Labute approximate surface area is 159 Å². The Balaban J connectivity index is 3.18. The first-order valence-corrected chi connectivity index (χ1v) is 7.73. The van der Waals surface area contributed by atoms with Crippen molar-refractivity contribution >= 4 is 35.4 Å². The lowest BCUT2D eigenvalue weighted by molar-refractivity contribution is -0.157. The van der Waals surface area contributed by atoms with E-state index in [2.05, 4.69) is 18.9 Å². The summed E-state index contributed by atoms with van der Waals surface area (Å²) in [6, 6.07) is 4.61. The van der Waals surface area contributed by atoms with Gasteiger partial charge in [0.2, 0.25) is 11.8 Å². The maximum Gasteiger partial charge on any atom is 0.328 e. The molecule has 1 rings (SSSR count). The molecular formula is C18H18O10. The summed E-state index contributed by atoms with van der Waals surface area (Å²) in [5.74, 6) is -9.88. The molecule has 0 aliphatic rings. The first-order chi connectivity index (χ1) is 13.2. The molecule has 0 bridgehead atoms. The summed E-state index contributed by atoms with van der Waals surface area (Å²) < 4.78 is 17.7. The van der Waals surface area contributed by atoms with Gasteiger partial charge in [-0.25, -0.2) is 0 Å². The van der Waals surface area contributed by atoms with Gasteiger partial charge in [-0.2, -0.15) is 0 Å². The van der Waals surface area contributed by atoms with Crippen molar-refractivity contribution in [3.05, 3.63) is 35.4 Å². The zero-order valence-electron chi connectivity index (χ0n) is 15.5. The molecule has 0 heterocycles. The summed E-state index contributed by atoms with van der Waals surface area (Å²) in [7, 11) is 4.03. The molecule has 0 radical (unpaired) electrons. The SMILES string of the molecule is COC(=O)C(C(=O)OC)C(=O)c1ccc(C(=O)C(C(=O)OC)C(=O)OC)cc1. The van der Waals surface area contributed by atoms with Crippen molar-refractivity contribution < 1.29 is 47.7 Å². The lowest BCUT2D eigenvalue weighted by Gasteiger charge is -2.13. The number of hydrogen-bond acceptors (Lipinski definition) is 10. The predicted molar refractivity (Wildman–Crippen MR) is 90.1 cm³/mol. The molecule has 0 aliphatic carbocycles. The lowest BCUT2D eigenvalue weighted by atomic mass is 9.93. The van der Waals surface area contributed by atoms with Gasteiger partial charge in [0, 0.05) is 11.1 Å². The third-order valence-electron chi connectivity index (χ3n) is 3.73.